The highest BCUT2D eigenvalue weighted by Crippen LogP contribution is 2.28. The zero-order chi connectivity index (χ0) is 20.4. The molecule has 0 radical (unpaired) electrons. The molecule has 146 valence electrons. The summed E-state index contributed by atoms with van der Waals surface area (Å²) in [6.07, 6.45) is 1.15. The van der Waals surface area contributed by atoms with Crippen molar-refractivity contribution >= 4 is 16.7 Å². The van der Waals surface area contributed by atoms with Gasteiger partial charge in [0.2, 0.25) is 5.88 Å². The van der Waals surface area contributed by atoms with Gasteiger partial charge >= 0.3 is 0 Å². The maximum absolute atomic E-state index is 14.3. The quantitative estimate of drug-likeness (QED) is 0.738. The molecule has 0 spiro atoms. The van der Waals surface area contributed by atoms with E-state index in [2.05, 4.69) is 16.3 Å². The van der Waals surface area contributed by atoms with Crippen LogP contribution < -0.4 is 10.3 Å². The molecule has 0 saturated carbocycles. The van der Waals surface area contributed by atoms with Crippen LogP contribution >= 0.6 is 0 Å². The van der Waals surface area contributed by atoms with Crippen LogP contribution in [0.4, 0.5) is 4.39 Å². The number of nitrogens with zero attached hydrogens (tertiary/aromatic N) is 3. The Kier molecular flexibility index (Phi) is 4.96. The monoisotopic (exact) mass is 392 g/mol. The lowest BCUT2D eigenvalue weighted by Crippen LogP contribution is -2.38. The predicted molar refractivity (Wildman–Crippen MR) is 103 cm³/mol. The highest BCUT2D eigenvalue weighted by molar-refractivity contribution is 5.95. The van der Waals surface area contributed by atoms with Crippen LogP contribution in [0.5, 0.6) is 11.6 Å². The van der Waals surface area contributed by atoms with Gasteiger partial charge < -0.3 is 9.64 Å². The molecule has 1 aromatic heterocycles. The lowest BCUT2D eigenvalue weighted by atomic mass is 9.98. The number of piperidine rings is 1. The summed E-state index contributed by atoms with van der Waals surface area (Å²) in [6.45, 7) is 0.821. The Labute approximate surface area is 165 Å². The number of fused-ring (bicyclic) bond motifs is 1. The molecule has 4 rings (SSSR count). The average Bonchev–Trinajstić information content (AvgIpc) is 2.77. The molecule has 0 aliphatic carbocycles. The van der Waals surface area contributed by atoms with E-state index < -0.39 is 11.7 Å². The van der Waals surface area contributed by atoms with E-state index >= 15 is 0 Å². The van der Waals surface area contributed by atoms with Crippen LogP contribution in [0.2, 0.25) is 0 Å². The summed E-state index contributed by atoms with van der Waals surface area (Å²) in [7, 11) is 0. The third-order valence-electron chi connectivity index (χ3n) is 5.01. The third-order valence-corrected chi connectivity index (χ3v) is 5.01. The number of hydrogen-bond donors (Lipinski definition) is 1. The lowest BCUT2D eigenvalue weighted by Gasteiger charge is -2.29. The Morgan fingerprint density at radius 2 is 1.93 bits per heavy atom. The number of amides is 1. The van der Waals surface area contributed by atoms with E-state index in [4.69, 9.17) is 10.00 Å². The first-order valence-corrected chi connectivity index (χ1v) is 9.20. The maximum atomic E-state index is 14.3. The van der Waals surface area contributed by atoms with Gasteiger partial charge in [0.15, 0.2) is 0 Å². The highest BCUT2D eigenvalue weighted by atomic mass is 19.1. The van der Waals surface area contributed by atoms with Gasteiger partial charge in [0, 0.05) is 19.0 Å². The van der Waals surface area contributed by atoms with Crippen molar-refractivity contribution in [2.75, 3.05) is 13.1 Å². The molecule has 1 N–H and O–H groups in total. The number of benzene rings is 2. The van der Waals surface area contributed by atoms with Crippen molar-refractivity contribution in [3.8, 4) is 17.7 Å². The number of aromatic nitrogens is 2. The molecule has 2 aromatic carbocycles. The molecule has 1 aliphatic rings. The minimum atomic E-state index is -0.649. The van der Waals surface area contributed by atoms with Crippen LogP contribution in [0.15, 0.2) is 47.3 Å². The minimum Gasteiger partial charge on any atom is -0.437 e. The van der Waals surface area contributed by atoms with Crippen LogP contribution in [0.25, 0.3) is 10.8 Å². The molecule has 1 aliphatic heterocycles. The first-order valence-electron chi connectivity index (χ1n) is 9.20. The van der Waals surface area contributed by atoms with Crippen molar-refractivity contribution in [3.05, 3.63) is 64.2 Å². The number of aromatic amines is 1. The van der Waals surface area contributed by atoms with E-state index in [1.807, 2.05) is 0 Å². The zero-order valence-corrected chi connectivity index (χ0v) is 15.4. The molecule has 0 bridgehead atoms. The Morgan fingerprint density at radius 3 is 2.66 bits per heavy atom. The number of H-pyrrole nitrogens is 1. The largest absolute Gasteiger partial charge is 0.437 e. The van der Waals surface area contributed by atoms with Crippen molar-refractivity contribution < 1.29 is 13.9 Å². The van der Waals surface area contributed by atoms with Crippen molar-refractivity contribution in [1.82, 2.24) is 15.1 Å². The normalized spacial score (nSPS) is 14.6. The SMILES string of the molecule is N#CC1CCN(C(=O)c2cc(Oc3n[nH]c(=O)c4ccccc34)ccc2F)CC1. The summed E-state index contributed by atoms with van der Waals surface area (Å²) in [5.41, 5.74) is -0.449. The standard InChI is InChI=1S/C21H17FN4O3/c22-18-6-5-14(11-17(18)21(28)26-9-7-13(12-23)8-10-26)29-20-16-4-2-1-3-15(16)19(27)24-25-20/h1-6,11,13H,7-10H2,(H,24,27). The summed E-state index contributed by atoms with van der Waals surface area (Å²) < 4.78 is 20.1. The second-order valence-corrected chi connectivity index (χ2v) is 6.84. The van der Waals surface area contributed by atoms with Gasteiger partial charge in [-0.1, -0.05) is 12.1 Å². The Morgan fingerprint density at radius 1 is 1.21 bits per heavy atom. The second-order valence-electron chi connectivity index (χ2n) is 6.84. The summed E-state index contributed by atoms with van der Waals surface area (Å²) in [4.78, 5) is 26.2. The van der Waals surface area contributed by atoms with Crippen molar-refractivity contribution in [2.45, 2.75) is 12.8 Å². The van der Waals surface area contributed by atoms with E-state index in [0.29, 0.717) is 36.7 Å². The van der Waals surface area contributed by atoms with E-state index in [9.17, 15) is 14.0 Å². The van der Waals surface area contributed by atoms with Crippen molar-refractivity contribution in [3.63, 3.8) is 0 Å². The molecule has 1 saturated heterocycles. The minimum absolute atomic E-state index is 0.0712. The fraction of sp³-hybridized carbons (Fsp3) is 0.238. The first-order chi connectivity index (χ1) is 14.1. The molecule has 2 heterocycles. The summed E-state index contributed by atoms with van der Waals surface area (Å²) in [5, 5.41) is 16.2. The molecule has 3 aromatic rings. The van der Waals surface area contributed by atoms with Crippen molar-refractivity contribution in [2.24, 2.45) is 5.92 Å². The smallest absolute Gasteiger partial charge is 0.272 e. The molecular weight excluding hydrogens is 375 g/mol. The first kappa shape index (κ1) is 18.6. The van der Waals surface area contributed by atoms with Gasteiger partial charge in [-0.2, -0.15) is 5.26 Å². The number of nitrogens with one attached hydrogen (secondary N) is 1. The fourth-order valence-electron chi connectivity index (χ4n) is 3.39. The van der Waals surface area contributed by atoms with Gasteiger partial charge in [0.1, 0.15) is 11.6 Å². The molecule has 1 fully saturated rings. The zero-order valence-electron chi connectivity index (χ0n) is 15.4. The summed E-state index contributed by atoms with van der Waals surface area (Å²) in [5.74, 6) is -0.780. The number of hydrogen-bond acceptors (Lipinski definition) is 5. The Bertz CT molecular complexity index is 1180. The van der Waals surface area contributed by atoms with Crippen molar-refractivity contribution in [1.29, 1.82) is 5.26 Å². The lowest BCUT2D eigenvalue weighted by molar-refractivity contribution is 0.0702. The van der Waals surface area contributed by atoms with Gasteiger partial charge in [-0.3, -0.25) is 9.59 Å². The molecular formula is C21H17FN4O3. The number of likely N-dealkylation sites (tertiary alicyclic amines) is 1. The van der Waals surface area contributed by atoms with Gasteiger partial charge in [0.25, 0.3) is 11.5 Å². The number of carbonyl (C=O) groups is 1. The number of rotatable bonds is 3. The van der Waals surface area contributed by atoms with Gasteiger partial charge in [-0.15, -0.1) is 5.10 Å². The van der Waals surface area contributed by atoms with Crippen LogP contribution in [0, 0.1) is 23.1 Å². The van der Waals surface area contributed by atoms with Crippen LogP contribution in [0.1, 0.15) is 23.2 Å². The maximum Gasteiger partial charge on any atom is 0.272 e. The van der Waals surface area contributed by atoms with Crippen LogP contribution in [-0.2, 0) is 0 Å². The fourth-order valence-corrected chi connectivity index (χ4v) is 3.39. The summed E-state index contributed by atoms with van der Waals surface area (Å²) >= 11 is 0. The topological polar surface area (TPSA) is 99.1 Å². The number of halogens is 1. The number of ether oxygens (including phenoxy) is 1. The average molecular weight is 392 g/mol. The molecule has 8 heteroatoms. The predicted octanol–water partition coefficient (Wildman–Crippen LogP) is 3.23. The second kappa shape index (κ2) is 7.72. The van der Waals surface area contributed by atoms with Crippen LogP contribution in [0.3, 0.4) is 0 Å². The number of nitriles is 1. The third kappa shape index (κ3) is 3.67. The summed E-state index contributed by atoms with van der Waals surface area (Å²) in [6, 6.07) is 12.9. The molecule has 0 unspecified atom stereocenters. The molecule has 0 atom stereocenters. The van der Waals surface area contributed by atoms with E-state index in [1.165, 1.54) is 18.2 Å². The Hall–Kier alpha value is -3.73. The van der Waals surface area contributed by atoms with Gasteiger partial charge in [-0.25, -0.2) is 9.49 Å². The Balaban J connectivity index is 1.61. The molecule has 1 amide bonds. The van der Waals surface area contributed by atoms with Gasteiger partial charge in [0.05, 0.1) is 22.4 Å². The van der Waals surface area contributed by atoms with E-state index in [1.54, 1.807) is 29.2 Å². The van der Waals surface area contributed by atoms with Gasteiger partial charge in [-0.05, 0) is 43.2 Å². The van der Waals surface area contributed by atoms with E-state index in [0.717, 1.165) is 0 Å². The molecule has 7 nitrogen and oxygen atoms in total. The number of carbonyl (C=O) groups excluding carboxylic acids is 1. The highest BCUT2D eigenvalue weighted by Gasteiger charge is 2.25. The molecule has 29 heavy (non-hydrogen) atoms. The van der Waals surface area contributed by atoms with Crippen LogP contribution in [-0.4, -0.2) is 34.1 Å². The van der Waals surface area contributed by atoms with E-state index in [-0.39, 0.29) is 28.7 Å².